The van der Waals surface area contributed by atoms with E-state index in [4.69, 9.17) is 4.74 Å². The first-order valence-corrected chi connectivity index (χ1v) is 10.9. The van der Waals surface area contributed by atoms with Gasteiger partial charge in [-0.1, -0.05) is 48.0 Å². The highest BCUT2D eigenvalue weighted by Crippen LogP contribution is 2.38. The summed E-state index contributed by atoms with van der Waals surface area (Å²) in [6, 6.07) is 22.8. The first-order valence-electron chi connectivity index (χ1n) is 10.2. The van der Waals surface area contributed by atoms with Crippen LogP contribution in [0.2, 0.25) is 0 Å². The van der Waals surface area contributed by atoms with Gasteiger partial charge in [-0.15, -0.1) is 0 Å². The molecule has 1 atom stereocenters. The van der Waals surface area contributed by atoms with Crippen molar-refractivity contribution in [2.75, 3.05) is 17.2 Å². The van der Waals surface area contributed by atoms with Crippen molar-refractivity contribution >= 4 is 33.2 Å². The summed E-state index contributed by atoms with van der Waals surface area (Å²) in [5.41, 5.74) is 6.77. The number of fused-ring (bicyclic) bond motifs is 1. The van der Waals surface area contributed by atoms with Crippen LogP contribution in [0.25, 0.3) is 0 Å². The van der Waals surface area contributed by atoms with E-state index < -0.39 is 0 Å². The molecule has 0 spiro atoms. The van der Waals surface area contributed by atoms with Gasteiger partial charge >= 0.3 is 0 Å². The van der Waals surface area contributed by atoms with Crippen LogP contribution in [0.5, 0.6) is 0 Å². The van der Waals surface area contributed by atoms with E-state index in [1.54, 1.807) is 0 Å². The molecule has 0 radical (unpaired) electrons. The van der Waals surface area contributed by atoms with Gasteiger partial charge in [-0.05, 0) is 76.7 Å². The van der Waals surface area contributed by atoms with Crippen LogP contribution in [0.4, 0.5) is 11.4 Å². The Hall–Kier alpha value is -2.63. The van der Waals surface area contributed by atoms with E-state index in [1.807, 2.05) is 30.3 Å². The number of carbonyl (C=O) groups excluding carboxylic acids is 1. The molecule has 154 valence electrons. The standard InChI is InChI=1S/C25H25BrN2O2/c1-17-7-10-20(11-8-17)27-23-12-9-19-13-24(22(26)14-21(19)23)28-25(29)16-30-15-18-5-3-2-4-6-18/h2-8,10-11,13-14,23,27H,9,12,15-16H2,1H3,(H,28,29). The maximum atomic E-state index is 12.3. The van der Waals surface area contributed by atoms with Gasteiger partial charge in [-0.2, -0.15) is 0 Å². The van der Waals surface area contributed by atoms with Crippen LogP contribution < -0.4 is 10.6 Å². The average molecular weight is 465 g/mol. The highest BCUT2D eigenvalue weighted by atomic mass is 79.9. The van der Waals surface area contributed by atoms with Crippen molar-refractivity contribution in [1.29, 1.82) is 0 Å². The third-order valence-electron chi connectivity index (χ3n) is 5.32. The summed E-state index contributed by atoms with van der Waals surface area (Å²) in [6.07, 6.45) is 2.02. The van der Waals surface area contributed by atoms with Crippen molar-refractivity contribution in [1.82, 2.24) is 0 Å². The summed E-state index contributed by atoms with van der Waals surface area (Å²) in [5, 5.41) is 6.59. The number of halogens is 1. The molecule has 0 heterocycles. The van der Waals surface area contributed by atoms with Crippen LogP contribution in [0.1, 0.15) is 34.7 Å². The lowest BCUT2D eigenvalue weighted by Crippen LogP contribution is -2.18. The van der Waals surface area contributed by atoms with Gasteiger partial charge in [-0.25, -0.2) is 0 Å². The molecule has 0 saturated carbocycles. The highest BCUT2D eigenvalue weighted by Gasteiger charge is 2.24. The predicted octanol–water partition coefficient (Wildman–Crippen LogP) is 6.01. The van der Waals surface area contributed by atoms with Crippen molar-refractivity contribution in [2.24, 2.45) is 0 Å². The molecule has 1 aliphatic rings. The van der Waals surface area contributed by atoms with E-state index in [9.17, 15) is 4.79 Å². The minimum absolute atomic E-state index is 0.0238. The normalized spacial score (nSPS) is 14.9. The molecule has 0 fully saturated rings. The average Bonchev–Trinajstić information content (AvgIpc) is 3.12. The van der Waals surface area contributed by atoms with Gasteiger partial charge in [0, 0.05) is 10.2 Å². The largest absolute Gasteiger partial charge is 0.378 e. The van der Waals surface area contributed by atoms with Crippen LogP contribution in [-0.4, -0.2) is 12.5 Å². The van der Waals surface area contributed by atoms with Crippen LogP contribution in [0, 0.1) is 6.92 Å². The van der Waals surface area contributed by atoms with Gasteiger partial charge in [0.15, 0.2) is 0 Å². The van der Waals surface area contributed by atoms with E-state index in [0.29, 0.717) is 6.61 Å². The first kappa shape index (κ1) is 20.6. The van der Waals surface area contributed by atoms with Crippen LogP contribution >= 0.6 is 15.9 Å². The monoisotopic (exact) mass is 464 g/mol. The second-order valence-corrected chi connectivity index (χ2v) is 8.51. The van der Waals surface area contributed by atoms with Crippen LogP contribution in [0.3, 0.4) is 0 Å². The molecule has 5 heteroatoms. The molecule has 0 bridgehead atoms. The molecule has 1 aliphatic carbocycles. The fourth-order valence-corrected chi connectivity index (χ4v) is 4.21. The lowest BCUT2D eigenvalue weighted by atomic mass is 10.1. The van der Waals surface area contributed by atoms with Crippen LogP contribution in [-0.2, 0) is 22.6 Å². The molecule has 0 aromatic heterocycles. The topological polar surface area (TPSA) is 50.4 Å². The lowest BCUT2D eigenvalue weighted by Gasteiger charge is -2.17. The van der Waals surface area contributed by atoms with E-state index in [-0.39, 0.29) is 18.6 Å². The fraction of sp³-hybridized carbons (Fsp3) is 0.240. The number of nitrogens with one attached hydrogen (secondary N) is 2. The van der Waals surface area contributed by atoms with Gasteiger partial charge < -0.3 is 15.4 Å². The number of benzene rings is 3. The third-order valence-corrected chi connectivity index (χ3v) is 5.97. The number of amides is 1. The molecule has 4 rings (SSSR count). The Labute approximate surface area is 185 Å². The number of rotatable bonds is 7. The Bertz CT molecular complexity index is 1020. The van der Waals surface area contributed by atoms with Crippen molar-refractivity contribution < 1.29 is 9.53 Å². The number of aryl methyl sites for hydroxylation is 2. The van der Waals surface area contributed by atoms with E-state index in [1.165, 1.54) is 16.7 Å². The summed E-state index contributed by atoms with van der Waals surface area (Å²) in [5.74, 6) is -0.154. The number of hydrogen-bond acceptors (Lipinski definition) is 3. The van der Waals surface area contributed by atoms with E-state index in [0.717, 1.165) is 34.3 Å². The second kappa shape index (κ2) is 9.45. The maximum Gasteiger partial charge on any atom is 0.250 e. The molecule has 0 saturated heterocycles. The second-order valence-electron chi connectivity index (χ2n) is 7.66. The van der Waals surface area contributed by atoms with Crippen molar-refractivity contribution in [3.8, 4) is 0 Å². The third kappa shape index (κ3) is 5.10. The Morgan fingerprint density at radius 1 is 1.10 bits per heavy atom. The molecule has 3 aromatic carbocycles. The Morgan fingerprint density at radius 2 is 1.87 bits per heavy atom. The van der Waals surface area contributed by atoms with E-state index in [2.05, 4.69) is 69.9 Å². The smallest absolute Gasteiger partial charge is 0.250 e. The zero-order valence-electron chi connectivity index (χ0n) is 17.0. The Kier molecular flexibility index (Phi) is 6.50. The number of ether oxygens (including phenoxy) is 1. The maximum absolute atomic E-state index is 12.3. The quantitative estimate of drug-likeness (QED) is 0.449. The molecule has 2 N–H and O–H groups in total. The molecule has 30 heavy (non-hydrogen) atoms. The zero-order chi connectivity index (χ0) is 20.9. The SMILES string of the molecule is Cc1ccc(NC2CCc3cc(NC(=O)COCc4ccccc4)c(Br)cc32)cc1. The molecule has 1 amide bonds. The molecular formula is C25H25BrN2O2. The molecule has 3 aromatic rings. The minimum atomic E-state index is -0.154. The summed E-state index contributed by atoms with van der Waals surface area (Å²) in [7, 11) is 0. The molecule has 0 aliphatic heterocycles. The van der Waals surface area contributed by atoms with Gasteiger partial charge in [-0.3, -0.25) is 4.79 Å². The predicted molar refractivity (Wildman–Crippen MR) is 125 cm³/mol. The van der Waals surface area contributed by atoms with Crippen molar-refractivity contribution in [2.45, 2.75) is 32.4 Å². The number of anilines is 2. The molecule has 4 nitrogen and oxygen atoms in total. The summed E-state index contributed by atoms with van der Waals surface area (Å²) < 4.78 is 6.43. The number of hydrogen-bond donors (Lipinski definition) is 2. The molecular weight excluding hydrogens is 440 g/mol. The van der Waals surface area contributed by atoms with Gasteiger partial charge in [0.2, 0.25) is 5.91 Å². The minimum Gasteiger partial charge on any atom is -0.378 e. The van der Waals surface area contributed by atoms with E-state index >= 15 is 0 Å². The highest BCUT2D eigenvalue weighted by molar-refractivity contribution is 9.10. The van der Waals surface area contributed by atoms with Crippen molar-refractivity contribution in [3.63, 3.8) is 0 Å². The lowest BCUT2D eigenvalue weighted by molar-refractivity contribution is -0.121. The number of carbonyl (C=O) groups is 1. The first-order chi connectivity index (χ1) is 14.6. The zero-order valence-corrected chi connectivity index (χ0v) is 18.5. The summed E-state index contributed by atoms with van der Waals surface area (Å²) >= 11 is 3.62. The van der Waals surface area contributed by atoms with Crippen molar-refractivity contribution in [3.05, 3.63) is 93.5 Å². The Morgan fingerprint density at radius 3 is 2.63 bits per heavy atom. The van der Waals surface area contributed by atoms with Gasteiger partial charge in [0.1, 0.15) is 6.61 Å². The molecule has 1 unspecified atom stereocenters. The summed E-state index contributed by atoms with van der Waals surface area (Å²) in [6.45, 7) is 2.54. The van der Waals surface area contributed by atoms with Crippen LogP contribution in [0.15, 0.2) is 71.2 Å². The van der Waals surface area contributed by atoms with Gasteiger partial charge in [0.05, 0.1) is 18.3 Å². The fourth-order valence-electron chi connectivity index (χ4n) is 3.75. The van der Waals surface area contributed by atoms with Gasteiger partial charge in [0.25, 0.3) is 0 Å². The Balaban J connectivity index is 1.36. The summed E-state index contributed by atoms with van der Waals surface area (Å²) in [4.78, 5) is 12.3.